The highest BCUT2D eigenvalue weighted by atomic mass is 16.3. The second-order valence-electron chi connectivity index (χ2n) is 3.82. The standard InChI is InChI=1S/C9H20O2/c1-9(2,6-8-11)5-3-4-7-10/h10-11H,3-8H2,1-2H3. The van der Waals surface area contributed by atoms with Crippen molar-refractivity contribution in [1.29, 1.82) is 0 Å². The molecule has 0 radical (unpaired) electrons. The first-order chi connectivity index (χ1) is 5.12. The van der Waals surface area contributed by atoms with Gasteiger partial charge >= 0.3 is 0 Å². The van der Waals surface area contributed by atoms with Crippen molar-refractivity contribution in [3.63, 3.8) is 0 Å². The van der Waals surface area contributed by atoms with E-state index < -0.39 is 0 Å². The van der Waals surface area contributed by atoms with Gasteiger partial charge in [-0.3, -0.25) is 0 Å². The van der Waals surface area contributed by atoms with E-state index in [0.29, 0.717) is 0 Å². The van der Waals surface area contributed by atoms with Gasteiger partial charge in [0.1, 0.15) is 0 Å². The van der Waals surface area contributed by atoms with Crippen LogP contribution in [0.25, 0.3) is 0 Å². The van der Waals surface area contributed by atoms with Gasteiger partial charge in [0, 0.05) is 13.2 Å². The van der Waals surface area contributed by atoms with E-state index in [1.165, 1.54) is 0 Å². The molecule has 0 saturated carbocycles. The van der Waals surface area contributed by atoms with E-state index in [9.17, 15) is 0 Å². The van der Waals surface area contributed by atoms with Crippen molar-refractivity contribution in [3.8, 4) is 0 Å². The zero-order chi connectivity index (χ0) is 8.74. The van der Waals surface area contributed by atoms with E-state index in [1.54, 1.807) is 0 Å². The summed E-state index contributed by atoms with van der Waals surface area (Å²) in [5, 5.41) is 17.3. The minimum Gasteiger partial charge on any atom is -0.396 e. The Bertz CT molecular complexity index is 89.6. The molecule has 0 amide bonds. The minimum absolute atomic E-state index is 0.240. The lowest BCUT2D eigenvalue weighted by Crippen LogP contribution is -2.13. The van der Waals surface area contributed by atoms with Crippen LogP contribution in [-0.2, 0) is 0 Å². The molecule has 0 bridgehead atoms. The summed E-state index contributed by atoms with van der Waals surface area (Å²) in [5.41, 5.74) is 0.240. The molecule has 0 atom stereocenters. The van der Waals surface area contributed by atoms with Gasteiger partial charge < -0.3 is 10.2 Å². The zero-order valence-electron chi connectivity index (χ0n) is 7.64. The topological polar surface area (TPSA) is 40.5 Å². The number of unbranched alkanes of at least 4 members (excludes halogenated alkanes) is 1. The van der Waals surface area contributed by atoms with Gasteiger partial charge in [-0.15, -0.1) is 0 Å². The zero-order valence-corrected chi connectivity index (χ0v) is 7.64. The molecular weight excluding hydrogens is 140 g/mol. The third-order valence-corrected chi connectivity index (χ3v) is 2.05. The van der Waals surface area contributed by atoms with Crippen molar-refractivity contribution in [2.75, 3.05) is 13.2 Å². The molecule has 11 heavy (non-hydrogen) atoms. The Morgan fingerprint density at radius 2 is 1.55 bits per heavy atom. The first-order valence-electron chi connectivity index (χ1n) is 4.34. The summed E-state index contributed by atoms with van der Waals surface area (Å²) in [4.78, 5) is 0. The summed E-state index contributed by atoms with van der Waals surface area (Å²) < 4.78 is 0. The molecular formula is C9H20O2. The number of hydrogen-bond acceptors (Lipinski definition) is 2. The maximum Gasteiger partial charge on any atom is 0.0436 e. The number of rotatable bonds is 6. The smallest absolute Gasteiger partial charge is 0.0436 e. The fraction of sp³-hybridized carbons (Fsp3) is 1.00. The highest BCUT2D eigenvalue weighted by molar-refractivity contribution is 4.67. The summed E-state index contributed by atoms with van der Waals surface area (Å²) >= 11 is 0. The lowest BCUT2D eigenvalue weighted by atomic mass is 9.84. The summed E-state index contributed by atoms with van der Waals surface area (Å²) in [7, 11) is 0. The Kier molecular flexibility index (Phi) is 5.51. The van der Waals surface area contributed by atoms with Crippen LogP contribution >= 0.6 is 0 Å². The highest BCUT2D eigenvalue weighted by Crippen LogP contribution is 2.26. The normalized spacial score (nSPS) is 12.0. The molecule has 0 fully saturated rings. The Morgan fingerprint density at radius 1 is 0.909 bits per heavy atom. The Hall–Kier alpha value is -0.0800. The van der Waals surface area contributed by atoms with Gasteiger partial charge in [-0.2, -0.15) is 0 Å². The molecule has 0 aliphatic heterocycles. The van der Waals surface area contributed by atoms with Gasteiger partial charge in [-0.1, -0.05) is 20.3 Å². The SMILES string of the molecule is CC(C)(CCO)CCCCO. The van der Waals surface area contributed by atoms with E-state index in [1.807, 2.05) is 0 Å². The van der Waals surface area contributed by atoms with E-state index in [0.717, 1.165) is 25.7 Å². The fourth-order valence-corrected chi connectivity index (χ4v) is 1.14. The Balaban J connectivity index is 3.38. The first-order valence-corrected chi connectivity index (χ1v) is 4.34. The van der Waals surface area contributed by atoms with Crippen molar-refractivity contribution in [3.05, 3.63) is 0 Å². The molecule has 0 heterocycles. The molecule has 0 aromatic carbocycles. The molecule has 2 N–H and O–H groups in total. The van der Waals surface area contributed by atoms with Crippen LogP contribution in [0.3, 0.4) is 0 Å². The van der Waals surface area contributed by atoms with Crippen LogP contribution in [0.1, 0.15) is 39.5 Å². The second kappa shape index (κ2) is 5.56. The Morgan fingerprint density at radius 3 is 2.00 bits per heavy atom. The highest BCUT2D eigenvalue weighted by Gasteiger charge is 2.15. The largest absolute Gasteiger partial charge is 0.396 e. The molecule has 0 rings (SSSR count). The van der Waals surface area contributed by atoms with Crippen LogP contribution in [0.4, 0.5) is 0 Å². The van der Waals surface area contributed by atoms with Crippen LogP contribution in [0.2, 0.25) is 0 Å². The van der Waals surface area contributed by atoms with Crippen molar-refractivity contribution < 1.29 is 10.2 Å². The van der Waals surface area contributed by atoms with Gasteiger partial charge in [0.05, 0.1) is 0 Å². The molecule has 0 aromatic rings. The molecule has 0 saturated heterocycles. The van der Waals surface area contributed by atoms with E-state index in [2.05, 4.69) is 13.8 Å². The molecule has 2 nitrogen and oxygen atoms in total. The molecule has 0 spiro atoms. The molecule has 68 valence electrons. The predicted molar refractivity (Wildman–Crippen MR) is 46.4 cm³/mol. The van der Waals surface area contributed by atoms with Gasteiger partial charge in [-0.05, 0) is 24.7 Å². The van der Waals surface area contributed by atoms with Crippen LogP contribution in [0.5, 0.6) is 0 Å². The molecule has 0 aromatic heterocycles. The van der Waals surface area contributed by atoms with Crippen LogP contribution in [0, 0.1) is 5.41 Å². The fourth-order valence-electron chi connectivity index (χ4n) is 1.14. The third kappa shape index (κ3) is 6.32. The lowest BCUT2D eigenvalue weighted by molar-refractivity contribution is 0.193. The maximum atomic E-state index is 8.71. The lowest BCUT2D eigenvalue weighted by Gasteiger charge is -2.22. The van der Waals surface area contributed by atoms with E-state index >= 15 is 0 Å². The molecule has 0 unspecified atom stereocenters. The van der Waals surface area contributed by atoms with Crippen LogP contribution in [0.15, 0.2) is 0 Å². The number of aliphatic hydroxyl groups is 2. The second-order valence-corrected chi connectivity index (χ2v) is 3.82. The van der Waals surface area contributed by atoms with Crippen LogP contribution in [-0.4, -0.2) is 23.4 Å². The summed E-state index contributed by atoms with van der Waals surface area (Å²) in [6, 6.07) is 0. The number of aliphatic hydroxyl groups excluding tert-OH is 2. The van der Waals surface area contributed by atoms with Gasteiger partial charge in [-0.25, -0.2) is 0 Å². The Labute approximate surface area is 69.2 Å². The quantitative estimate of drug-likeness (QED) is 0.579. The van der Waals surface area contributed by atoms with Crippen molar-refractivity contribution in [1.82, 2.24) is 0 Å². The van der Waals surface area contributed by atoms with Gasteiger partial charge in [0.25, 0.3) is 0 Å². The predicted octanol–water partition coefficient (Wildman–Crippen LogP) is 1.56. The van der Waals surface area contributed by atoms with Crippen LogP contribution < -0.4 is 0 Å². The molecule has 0 aliphatic rings. The van der Waals surface area contributed by atoms with Crippen molar-refractivity contribution >= 4 is 0 Å². The first kappa shape index (κ1) is 10.9. The third-order valence-electron chi connectivity index (χ3n) is 2.05. The summed E-state index contributed by atoms with van der Waals surface area (Å²) in [5.74, 6) is 0. The molecule has 0 aliphatic carbocycles. The maximum absolute atomic E-state index is 8.71. The minimum atomic E-state index is 0.240. The van der Waals surface area contributed by atoms with Crippen molar-refractivity contribution in [2.24, 2.45) is 5.41 Å². The molecule has 2 heteroatoms. The van der Waals surface area contributed by atoms with E-state index in [-0.39, 0.29) is 18.6 Å². The summed E-state index contributed by atoms with van der Waals surface area (Å²) in [6.07, 6.45) is 3.89. The average molecular weight is 160 g/mol. The number of hydrogen-bond donors (Lipinski definition) is 2. The summed E-state index contributed by atoms with van der Waals surface area (Å²) in [6.45, 7) is 4.86. The monoisotopic (exact) mass is 160 g/mol. The van der Waals surface area contributed by atoms with Gasteiger partial charge in [0.2, 0.25) is 0 Å². The average Bonchev–Trinajstić information content (AvgIpc) is 1.87. The van der Waals surface area contributed by atoms with E-state index in [4.69, 9.17) is 10.2 Å². The van der Waals surface area contributed by atoms with Crippen molar-refractivity contribution in [2.45, 2.75) is 39.5 Å². The van der Waals surface area contributed by atoms with Gasteiger partial charge in [0.15, 0.2) is 0 Å².